The van der Waals surface area contributed by atoms with Gasteiger partial charge in [0, 0.05) is 6.04 Å². The van der Waals surface area contributed by atoms with Crippen LogP contribution in [0.3, 0.4) is 0 Å². The Balaban J connectivity index is 2.40. The van der Waals surface area contributed by atoms with E-state index in [9.17, 15) is 0 Å². The average Bonchev–Trinajstić information content (AvgIpc) is 2.03. The van der Waals surface area contributed by atoms with Gasteiger partial charge in [0.2, 0.25) is 0 Å². The second kappa shape index (κ2) is 4.27. The standard InChI is InChI=1S/C11H23N/c1-8(2)11(12)10-6-4-5-9(3)7-10/h8-11H,4-7,12H2,1-3H3. The Morgan fingerprint density at radius 2 is 1.92 bits per heavy atom. The van der Waals surface area contributed by atoms with Gasteiger partial charge in [0.25, 0.3) is 0 Å². The van der Waals surface area contributed by atoms with Gasteiger partial charge >= 0.3 is 0 Å². The normalized spacial score (nSPS) is 33.8. The molecule has 1 heteroatoms. The zero-order valence-corrected chi connectivity index (χ0v) is 8.72. The summed E-state index contributed by atoms with van der Waals surface area (Å²) in [5.41, 5.74) is 6.15. The van der Waals surface area contributed by atoms with Crippen molar-refractivity contribution >= 4 is 0 Å². The van der Waals surface area contributed by atoms with Crippen LogP contribution >= 0.6 is 0 Å². The molecule has 12 heavy (non-hydrogen) atoms. The third-order valence-corrected chi connectivity index (χ3v) is 3.29. The van der Waals surface area contributed by atoms with Crippen LogP contribution in [0, 0.1) is 17.8 Å². The molecule has 72 valence electrons. The quantitative estimate of drug-likeness (QED) is 0.676. The van der Waals surface area contributed by atoms with E-state index in [4.69, 9.17) is 5.73 Å². The zero-order chi connectivity index (χ0) is 9.14. The topological polar surface area (TPSA) is 26.0 Å². The molecule has 1 nitrogen and oxygen atoms in total. The summed E-state index contributed by atoms with van der Waals surface area (Å²) in [6, 6.07) is 0.438. The van der Waals surface area contributed by atoms with E-state index in [1.807, 2.05) is 0 Å². The van der Waals surface area contributed by atoms with Crippen molar-refractivity contribution in [2.24, 2.45) is 23.5 Å². The lowest BCUT2D eigenvalue weighted by Crippen LogP contribution is -2.37. The van der Waals surface area contributed by atoms with Crippen molar-refractivity contribution in [3.63, 3.8) is 0 Å². The van der Waals surface area contributed by atoms with E-state index in [2.05, 4.69) is 20.8 Å². The second-order valence-electron chi connectivity index (χ2n) is 4.85. The van der Waals surface area contributed by atoms with E-state index >= 15 is 0 Å². The van der Waals surface area contributed by atoms with Gasteiger partial charge < -0.3 is 5.73 Å². The molecule has 0 bridgehead atoms. The molecule has 0 amide bonds. The Kier molecular flexibility index (Phi) is 3.57. The monoisotopic (exact) mass is 169 g/mol. The van der Waals surface area contributed by atoms with Crippen molar-refractivity contribution in [2.75, 3.05) is 0 Å². The van der Waals surface area contributed by atoms with Gasteiger partial charge in [0.05, 0.1) is 0 Å². The predicted octanol–water partition coefficient (Wildman–Crippen LogP) is 2.80. The Morgan fingerprint density at radius 1 is 1.25 bits per heavy atom. The molecule has 3 atom stereocenters. The molecule has 0 spiro atoms. The summed E-state index contributed by atoms with van der Waals surface area (Å²) >= 11 is 0. The van der Waals surface area contributed by atoms with Gasteiger partial charge in [-0.2, -0.15) is 0 Å². The van der Waals surface area contributed by atoms with E-state index in [-0.39, 0.29) is 0 Å². The molecule has 0 aromatic rings. The minimum absolute atomic E-state index is 0.438. The van der Waals surface area contributed by atoms with Crippen molar-refractivity contribution in [1.29, 1.82) is 0 Å². The highest BCUT2D eigenvalue weighted by atomic mass is 14.7. The first-order valence-electron chi connectivity index (χ1n) is 5.37. The second-order valence-corrected chi connectivity index (χ2v) is 4.85. The van der Waals surface area contributed by atoms with Gasteiger partial charge in [-0.1, -0.05) is 33.6 Å². The Hall–Kier alpha value is -0.0400. The van der Waals surface area contributed by atoms with Gasteiger partial charge in [0.1, 0.15) is 0 Å². The van der Waals surface area contributed by atoms with Crippen molar-refractivity contribution in [2.45, 2.75) is 52.5 Å². The van der Waals surface area contributed by atoms with Crippen LogP contribution in [0.2, 0.25) is 0 Å². The Bertz CT molecular complexity index is 131. The van der Waals surface area contributed by atoms with Gasteiger partial charge in [-0.15, -0.1) is 0 Å². The van der Waals surface area contributed by atoms with E-state index in [0.29, 0.717) is 12.0 Å². The molecule has 1 aliphatic carbocycles. The maximum Gasteiger partial charge on any atom is 0.00904 e. The number of rotatable bonds is 2. The third-order valence-electron chi connectivity index (χ3n) is 3.29. The highest BCUT2D eigenvalue weighted by molar-refractivity contribution is 4.80. The molecule has 1 fully saturated rings. The van der Waals surface area contributed by atoms with Crippen molar-refractivity contribution < 1.29 is 0 Å². The molecule has 0 radical (unpaired) electrons. The SMILES string of the molecule is CC1CCCC(C(N)C(C)C)C1. The van der Waals surface area contributed by atoms with Gasteiger partial charge in [-0.05, 0) is 30.6 Å². The van der Waals surface area contributed by atoms with Crippen molar-refractivity contribution in [1.82, 2.24) is 0 Å². The highest BCUT2D eigenvalue weighted by Crippen LogP contribution is 2.31. The minimum Gasteiger partial charge on any atom is -0.327 e. The summed E-state index contributed by atoms with van der Waals surface area (Å²) < 4.78 is 0. The first-order chi connectivity index (χ1) is 5.61. The summed E-state index contributed by atoms with van der Waals surface area (Å²) in [5, 5.41) is 0. The van der Waals surface area contributed by atoms with Crippen LogP contribution in [0.25, 0.3) is 0 Å². The molecule has 0 heterocycles. The maximum absolute atomic E-state index is 6.15. The molecule has 1 rings (SSSR count). The molecule has 2 N–H and O–H groups in total. The molecule has 0 aromatic heterocycles. The van der Waals surface area contributed by atoms with Crippen LogP contribution in [-0.4, -0.2) is 6.04 Å². The summed E-state index contributed by atoms with van der Waals surface area (Å²) in [7, 11) is 0. The van der Waals surface area contributed by atoms with Crippen LogP contribution in [0.5, 0.6) is 0 Å². The van der Waals surface area contributed by atoms with E-state index in [0.717, 1.165) is 11.8 Å². The smallest absolute Gasteiger partial charge is 0.00904 e. The summed E-state index contributed by atoms with van der Waals surface area (Å²) in [5.74, 6) is 2.36. The van der Waals surface area contributed by atoms with Gasteiger partial charge in [-0.25, -0.2) is 0 Å². The molecule has 1 saturated carbocycles. The summed E-state index contributed by atoms with van der Waals surface area (Å²) in [6.07, 6.45) is 5.54. The Labute approximate surface area is 76.7 Å². The van der Waals surface area contributed by atoms with Gasteiger partial charge in [0.15, 0.2) is 0 Å². The molecular weight excluding hydrogens is 146 g/mol. The Morgan fingerprint density at radius 3 is 2.42 bits per heavy atom. The molecule has 3 unspecified atom stereocenters. The minimum atomic E-state index is 0.438. The van der Waals surface area contributed by atoms with Crippen LogP contribution < -0.4 is 5.73 Å². The largest absolute Gasteiger partial charge is 0.327 e. The zero-order valence-electron chi connectivity index (χ0n) is 8.72. The molecule has 0 aliphatic heterocycles. The third kappa shape index (κ3) is 2.48. The maximum atomic E-state index is 6.15. The number of hydrogen-bond acceptors (Lipinski definition) is 1. The van der Waals surface area contributed by atoms with E-state index in [1.165, 1.54) is 25.7 Å². The summed E-state index contributed by atoms with van der Waals surface area (Å²) in [4.78, 5) is 0. The van der Waals surface area contributed by atoms with Crippen molar-refractivity contribution in [3.05, 3.63) is 0 Å². The van der Waals surface area contributed by atoms with Crippen LogP contribution in [-0.2, 0) is 0 Å². The fourth-order valence-corrected chi connectivity index (χ4v) is 2.37. The average molecular weight is 169 g/mol. The lowest BCUT2D eigenvalue weighted by Gasteiger charge is -2.33. The molecular formula is C11H23N. The first-order valence-corrected chi connectivity index (χ1v) is 5.37. The molecule has 0 aromatic carbocycles. The molecule has 0 saturated heterocycles. The van der Waals surface area contributed by atoms with Crippen LogP contribution in [0.15, 0.2) is 0 Å². The predicted molar refractivity (Wildman–Crippen MR) is 53.9 cm³/mol. The fraction of sp³-hybridized carbons (Fsp3) is 1.00. The van der Waals surface area contributed by atoms with E-state index < -0.39 is 0 Å². The van der Waals surface area contributed by atoms with E-state index in [1.54, 1.807) is 0 Å². The lowest BCUT2D eigenvalue weighted by molar-refractivity contribution is 0.217. The fourth-order valence-electron chi connectivity index (χ4n) is 2.37. The molecule has 1 aliphatic rings. The number of hydrogen-bond donors (Lipinski definition) is 1. The first kappa shape index (κ1) is 10.0. The van der Waals surface area contributed by atoms with Crippen LogP contribution in [0.4, 0.5) is 0 Å². The van der Waals surface area contributed by atoms with Crippen molar-refractivity contribution in [3.8, 4) is 0 Å². The lowest BCUT2D eigenvalue weighted by atomic mass is 9.76. The van der Waals surface area contributed by atoms with Crippen LogP contribution in [0.1, 0.15) is 46.5 Å². The summed E-state index contributed by atoms with van der Waals surface area (Å²) in [6.45, 7) is 6.84. The van der Waals surface area contributed by atoms with Gasteiger partial charge in [-0.3, -0.25) is 0 Å². The highest BCUT2D eigenvalue weighted by Gasteiger charge is 2.25. The number of nitrogens with two attached hydrogens (primary N) is 1.